The summed E-state index contributed by atoms with van der Waals surface area (Å²) < 4.78 is 18.1. The number of aromatic carboxylic acids is 1. The molecule has 0 atom stereocenters. The molecule has 2 rings (SSSR count). The van der Waals surface area contributed by atoms with Crippen molar-refractivity contribution in [2.24, 2.45) is 0 Å². The molecular weight excluding hydrogens is 271 g/mol. The normalized spacial score (nSPS) is 10.2. The molecule has 19 heavy (non-hydrogen) atoms. The molecule has 1 aromatic carbocycles. The molecule has 0 radical (unpaired) electrons. The molecule has 0 aliphatic carbocycles. The van der Waals surface area contributed by atoms with Crippen LogP contribution in [0.5, 0.6) is 11.6 Å². The zero-order chi connectivity index (χ0) is 13.8. The number of hydrogen-bond acceptors (Lipinski definition) is 5. The van der Waals surface area contributed by atoms with Gasteiger partial charge in [-0.25, -0.2) is 14.2 Å². The molecule has 98 valence electrons. The third kappa shape index (κ3) is 3.19. The number of carboxylic acids is 1. The van der Waals surface area contributed by atoms with Crippen molar-refractivity contribution in [1.29, 1.82) is 0 Å². The van der Waals surface area contributed by atoms with Crippen LogP contribution in [0.4, 0.5) is 4.39 Å². The van der Waals surface area contributed by atoms with Crippen molar-refractivity contribution in [2.45, 2.75) is 5.16 Å². The van der Waals surface area contributed by atoms with Crippen molar-refractivity contribution in [3.63, 3.8) is 0 Å². The molecule has 1 heterocycles. The highest BCUT2D eigenvalue weighted by Gasteiger charge is 2.15. The Kier molecular flexibility index (Phi) is 3.96. The highest BCUT2D eigenvalue weighted by atomic mass is 32.2. The minimum absolute atomic E-state index is 0.0709. The topological polar surface area (TPSA) is 72.3 Å². The van der Waals surface area contributed by atoms with Gasteiger partial charge in [-0.1, -0.05) is 11.8 Å². The summed E-state index contributed by atoms with van der Waals surface area (Å²) >= 11 is 1.26. The molecule has 0 aliphatic rings. The molecular formula is C12H9FN2O3S. The van der Waals surface area contributed by atoms with Crippen molar-refractivity contribution < 1.29 is 19.0 Å². The molecule has 0 bridgehead atoms. The summed E-state index contributed by atoms with van der Waals surface area (Å²) in [5.41, 5.74) is -0.151. The standard InChI is InChI=1S/C12H9FN2O3S/c1-19-12-14-6-9(11(16)17)10(15-12)18-8-4-2-7(13)3-5-8/h2-6H,1H3,(H,16,17). The average Bonchev–Trinajstić information content (AvgIpc) is 2.41. The van der Waals surface area contributed by atoms with Gasteiger partial charge >= 0.3 is 5.97 Å². The van der Waals surface area contributed by atoms with Gasteiger partial charge in [0.1, 0.15) is 17.1 Å². The monoisotopic (exact) mass is 280 g/mol. The van der Waals surface area contributed by atoms with E-state index in [-0.39, 0.29) is 11.4 Å². The maximum absolute atomic E-state index is 12.8. The van der Waals surface area contributed by atoms with E-state index in [0.717, 1.165) is 0 Å². The van der Waals surface area contributed by atoms with E-state index < -0.39 is 11.8 Å². The Hall–Kier alpha value is -2.15. The van der Waals surface area contributed by atoms with Crippen LogP contribution in [0.2, 0.25) is 0 Å². The van der Waals surface area contributed by atoms with Crippen molar-refractivity contribution in [1.82, 2.24) is 9.97 Å². The lowest BCUT2D eigenvalue weighted by Crippen LogP contribution is -2.04. The van der Waals surface area contributed by atoms with E-state index in [4.69, 9.17) is 9.84 Å². The van der Waals surface area contributed by atoms with Crippen LogP contribution in [-0.2, 0) is 0 Å². The summed E-state index contributed by atoms with van der Waals surface area (Å²) in [6.07, 6.45) is 2.94. The number of carboxylic acid groups (broad SMARTS) is 1. The molecule has 0 spiro atoms. The molecule has 0 saturated carbocycles. The summed E-state index contributed by atoms with van der Waals surface area (Å²) in [6.45, 7) is 0. The van der Waals surface area contributed by atoms with E-state index in [2.05, 4.69) is 9.97 Å². The number of thioether (sulfide) groups is 1. The van der Waals surface area contributed by atoms with Crippen molar-refractivity contribution in [3.05, 3.63) is 41.8 Å². The fraction of sp³-hybridized carbons (Fsp3) is 0.0833. The van der Waals surface area contributed by atoms with E-state index in [1.54, 1.807) is 6.26 Å². The molecule has 0 saturated heterocycles. The van der Waals surface area contributed by atoms with Crippen molar-refractivity contribution in [3.8, 4) is 11.6 Å². The lowest BCUT2D eigenvalue weighted by molar-refractivity contribution is 0.0692. The Bertz CT molecular complexity index is 604. The van der Waals surface area contributed by atoms with Gasteiger partial charge in [0.25, 0.3) is 0 Å². The van der Waals surface area contributed by atoms with Gasteiger partial charge < -0.3 is 9.84 Å². The van der Waals surface area contributed by atoms with Crippen LogP contribution in [0, 0.1) is 5.82 Å². The fourth-order valence-electron chi connectivity index (χ4n) is 1.29. The maximum Gasteiger partial charge on any atom is 0.342 e. The highest BCUT2D eigenvalue weighted by molar-refractivity contribution is 7.98. The molecule has 5 nitrogen and oxygen atoms in total. The first kappa shape index (κ1) is 13.3. The third-order valence-corrected chi connectivity index (χ3v) is 2.73. The van der Waals surface area contributed by atoms with Crippen LogP contribution < -0.4 is 4.74 Å². The van der Waals surface area contributed by atoms with Crippen LogP contribution in [0.3, 0.4) is 0 Å². The van der Waals surface area contributed by atoms with Crippen LogP contribution in [0.1, 0.15) is 10.4 Å². The molecule has 1 aromatic heterocycles. The van der Waals surface area contributed by atoms with Gasteiger partial charge in [-0.2, -0.15) is 4.98 Å². The Morgan fingerprint density at radius 3 is 2.63 bits per heavy atom. The molecule has 0 amide bonds. The first-order valence-electron chi connectivity index (χ1n) is 5.18. The number of nitrogens with zero attached hydrogens (tertiary/aromatic N) is 2. The first-order valence-corrected chi connectivity index (χ1v) is 6.40. The Morgan fingerprint density at radius 2 is 2.05 bits per heavy atom. The number of rotatable bonds is 4. The summed E-state index contributed by atoms with van der Waals surface area (Å²) in [4.78, 5) is 18.9. The lowest BCUT2D eigenvalue weighted by Gasteiger charge is -2.08. The first-order chi connectivity index (χ1) is 9.10. The molecule has 1 N–H and O–H groups in total. The average molecular weight is 280 g/mol. The highest BCUT2D eigenvalue weighted by Crippen LogP contribution is 2.25. The van der Waals surface area contributed by atoms with Gasteiger partial charge in [-0.05, 0) is 30.5 Å². The van der Waals surface area contributed by atoms with Gasteiger partial charge in [0.05, 0.1) is 0 Å². The third-order valence-electron chi connectivity index (χ3n) is 2.17. The zero-order valence-corrected chi connectivity index (χ0v) is 10.6. The van der Waals surface area contributed by atoms with E-state index in [1.165, 1.54) is 42.2 Å². The fourth-order valence-corrected chi connectivity index (χ4v) is 1.62. The van der Waals surface area contributed by atoms with Gasteiger partial charge in [0, 0.05) is 6.20 Å². The maximum atomic E-state index is 12.8. The van der Waals surface area contributed by atoms with Crippen LogP contribution in [-0.4, -0.2) is 27.3 Å². The zero-order valence-electron chi connectivity index (χ0n) is 9.83. The lowest BCUT2D eigenvalue weighted by atomic mass is 10.3. The summed E-state index contributed by atoms with van der Waals surface area (Å²) in [5.74, 6) is -1.36. The number of halogens is 1. The SMILES string of the molecule is CSc1ncc(C(=O)O)c(Oc2ccc(F)cc2)n1. The molecule has 0 unspecified atom stereocenters. The minimum Gasteiger partial charge on any atom is -0.477 e. The quantitative estimate of drug-likeness (QED) is 0.686. The summed E-state index contributed by atoms with van der Waals surface area (Å²) in [7, 11) is 0. The Labute approximate surface area is 112 Å². The summed E-state index contributed by atoms with van der Waals surface area (Å²) in [6, 6.07) is 5.21. The molecule has 7 heteroatoms. The van der Waals surface area contributed by atoms with Crippen LogP contribution in [0.15, 0.2) is 35.6 Å². The minimum atomic E-state index is -1.19. The van der Waals surface area contributed by atoms with Gasteiger partial charge in [0.2, 0.25) is 5.88 Å². The number of carbonyl (C=O) groups is 1. The van der Waals surface area contributed by atoms with Crippen molar-refractivity contribution >= 4 is 17.7 Å². The smallest absolute Gasteiger partial charge is 0.342 e. The Balaban J connectivity index is 2.36. The second kappa shape index (κ2) is 5.66. The number of ether oxygens (including phenoxy) is 1. The summed E-state index contributed by atoms with van der Waals surface area (Å²) in [5, 5.41) is 9.42. The number of hydrogen-bond donors (Lipinski definition) is 1. The van der Waals surface area contributed by atoms with E-state index in [9.17, 15) is 9.18 Å². The van der Waals surface area contributed by atoms with Crippen LogP contribution >= 0.6 is 11.8 Å². The largest absolute Gasteiger partial charge is 0.477 e. The molecule has 0 aliphatic heterocycles. The van der Waals surface area contributed by atoms with Crippen LogP contribution in [0.25, 0.3) is 0 Å². The van der Waals surface area contributed by atoms with Gasteiger partial charge in [-0.15, -0.1) is 0 Å². The molecule has 2 aromatic rings. The second-order valence-corrected chi connectivity index (χ2v) is 4.21. The predicted octanol–water partition coefficient (Wildman–Crippen LogP) is 2.83. The van der Waals surface area contributed by atoms with Crippen molar-refractivity contribution in [2.75, 3.05) is 6.26 Å². The van der Waals surface area contributed by atoms with Gasteiger partial charge in [0.15, 0.2) is 5.16 Å². The number of aromatic nitrogens is 2. The second-order valence-electron chi connectivity index (χ2n) is 3.44. The number of benzene rings is 1. The van der Waals surface area contributed by atoms with Gasteiger partial charge in [-0.3, -0.25) is 0 Å². The Morgan fingerprint density at radius 1 is 1.37 bits per heavy atom. The molecule has 0 fully saturated rings. The predicted molar refractivity (Wildman–Crippen MR) is 67.2 cm³/mol. The van der Waals surface area contributed by atoms with E-state index >= 15 is 0 Å². The van der Waals surface area contributed by atoms with E-state index in [0.29, 0.717) is 10.9 Å². The van der Waals surface area contributed by atoms with E-state index in [1.807, 2.05) is 0 Å².